The second-order valence-electron chi connectivity index (χ2n) is 18.0. The molecule has 0 aromatic carbocycles. The Morgan fingerprint density at radius 2 is 0.462 bits per heavy atom. The Morgan fingerprint density at radius 1 is 0.269 bits per heavy atom. The Bertz CT molecular complexity index is 2080. The third-order valence-electron chi connectivity index (χ3n) is 13.3. The fraction of sp³-hybridized carbons (Fsp3) is 0.854. The van der Waals surface area contributed by atoms with Gasteiger partial charge in [-0.1, -0.05) is 0 Å². The number of aliphatic carboxylic acids is 3. The predicted molar refractivity (Wildman–Crippen MR) is 225 cm³/mol. The van der Waals surface area contributed by atoms with E-state index in [-0.39, 0.29) is 0 Å². The van der Waals surface area contributed by atoms with Crippen molar-refractivity contribution in [2.45, 2.75) is 184 Å². The van der Waals surface area contributed by atoms with Gasteiger partial charge in [0.1, 0.15) is 110 Å². The van der Waals surface area contributed by atoms with Crippen LogP contribution in [0.25, 0.3) is 0 Å². The van der Waals surface area contributed by atoms with Gasteiger partial charge in [-0.25, -0.2) is 28.8 Å². The van der Waals surface area contributed by atoms with Gasteiger partial charge >= 0.3 is 35.8 Å². The first-order valence-corrected chi connectivity index (χ1v) is 23.0. The molecular formula is C41H60O37. The predicted octanol–water partition coefficient (Wildman–Crippen LogP) is -12.0. The van der Waals surface area contributed by atoms with Crippen molar-refractivity contribution in [1.29, 1.82) is 0 Å². The molecular weight excluding hydrogens is 1080 g/mol. The zero-order chi connectivity index (χ0) is 58.1. The molecule has 6 saturated heterocycles. The summed E-state index contributed by atoms with van der Waals surface area (Å²) in [4.78, 5) is 75.8. The zero-order valence-corrected chi connectivity index (χ0v) is 41.0. The van der Waals surface area contributed by atoms with Crippen molar-refractivity contribution in [3.05, 3.63) is 0 Å². The summed E-state index contributed by atoms with van der Waals surface area (Å²) < 4.78 is 83.3. The van der Waals surface area contributed by atoms with Gasteiger partial charge in [0.05, 0.1) is 21.3 Å². The summed E-state index contributed by atoms with van der Waals surface area (Å²) in [6, 6.07) is 0. The maximum Gasteiger partial charge on any atom is 0.337 e. The standard InChI is InChI=1S/C41H60O37/c1-63-18-6(42)13(49)39(76-27(18)33(60)64-2)69-20-8(44)14(50)37(74-25(20)31(56)57)72-23-11(47)17(53)41(78-29(23)35(62)66-4)70-21-9(45)15(51)38(75-26(21)32(58)59)71-22-10(46)16(52)40(77-28(22)34(61)65-3)68-19-7(43)12(48)36(67-5)73-24(19)30(54)55/h6-29,36-53H,1-5H3,(H,54,55)(H,56,57)(H,58,59). The van der Waals surface area contributed by atoms with E-state index >= 15 is 0 Å². The topological polar surface area (TPSA) is 554 Å². The second kappa shape index (κ2) is 26.2. The third-order valence-corrected chi connectivity index (χ3v) is 13.3. The number of carboxylic acids is 3. The summed E-state index contributed by atoms with van der Waals surface area (Å²) >= 11 is 0. The molecule has 0 saturated carbocycles. The second-order valence-corrected chi connectivity index (χ2v) is 18.0. The minimum atomic E-state index is -2.56. The summed E-state index contributed by atoms with van der Waals surface area (Å²) in [6.07, 6.45) is -67.9. The highest BCUT2D eigenvalue weighted by atomic mass is 16.8. The lowest BCUT2D eigenvalue weighted by molar-refractivity contribution is -0.386. The number of hydrogen-bond donors (Lipinski definition) is 15. The number of aliphatic hydroxyl groups is 12. The summed E-state index contributed by atoms with van der Waals surface area (Å²) in [5.41, 5.74) is 0. The van der Waals surface area contributed by atoms with Crippen LogP contribution in [0.2, 0.25) is 0 Å². The highest BCUT2D eigenvalue weighted by molar-refractivity contribution is 5.77. The third kappa shape index (κ3) is 12.5. The van der Waals surface area contributed by atoms with Gasteiger partial charge in [0, 0.05) is 14.2 Å². The van der Waals surface area contributed by atoms with Crippen LogP contribution in [0.15, 0.2) is 0 Å². The van der Waals surface area contributed by atoms with E-state index in [0.717, 1.165) is 35.5 Å². The monoisotopic (exact) mass is 1140 g/mol. The molecule has 6 heterocycles. The molecule has 78 heavy (non-hydrogen) atoms. The molecule has 0 radical (unpaired) electrons. The van der Waals surface area contributed by atoms with E-state index < -0.39 is 220 Å². The molecule has 30 unspecified atom stereocenters. The number of carboxylic acid groups (broad SMARTS) is 3. The molecule has 0 bridgehead atoms. The van der Waals surface area contributed by atoms with E-state index in [4.69, 9.17) is 61.6 Å². The number of carbonyl (C=O) groups is 6. The molecule has 37 nitrogen and oxygen atoms in total. The minimum absolute atomic E-state index is 0.765. The number of methoxy groups -OCH3 is 5. The van der Waals surface area contributed by atoms with Crippen LogP contribution in [-0.2, 0) is 105 Å². The Kier molecular flexibility index (Phi) is 21.1. The van der Waals surface area contributed by atoms with Crippen molar-refractivity contribution >= 4 is 35.8 Å². The number of hydrogen-bond acceptors (Lipinski definition) is 34. The minimum Gasteiger partial charge on any atom is -0.479 e. The van der Waals surface area contributed by atoms with Crippen molar-refractivity contribution < 1.29 is 181 Å². The Morgan fingerprint density at radius 3 is 0.679 bits per heavy atom. The SMILES string of the molecule is COC(=O)C1OC(OC2C(C(=O)O)OC(OC3C(C(=O)OC)OC(OC4C(C(=O)O)OC(OC5C(C(=O)OC)OC(OC6C(C(=O)O)OC(OC)C(O)C6O)C(O)C5O)C(O)C4O)C(O)C3O)C(O)C2O)C(O)C(O)C1OC. The van der Waals surface area contributed by atoms with Crippen molar-refractivity contribution in [3.63, 3.8) is 0 Å². The van der Waals surface area contributed by atoms with E-state index in [9.17, 15) is 105 Å². The molecule has 15 N–H and O–H groups in total. The van der Waals surface area contributed by atoms with Crippen LogP contribution in [0.5, 0.6) is 0 Å². The number of rotatable bonds is 18. The first-order valence-electron chi connectivity index (χ1n) is 23.0. The quantitative estimate of drug-likeness (QED) is 0.0448. The first kappa shape index (κ1) is 63.0. The van der Waals surface area contributed by atoms with Crippen LogP contribution in [0, 0.1) is 0 Å². The van der Waals surface area contributed by atoms with Gasteiger partial charge in [0.15, 0.2) is 74.4 Å². The van der Waals surface area contributed by atoms with Gasteiger partial charge in [-0.15, -0.1) is 0 Å². The molecule has 0 aromatic heterocycles. The largest absolute Gasteiger partial charge is 0.479 e. The summed E-state index contributed by atoms with van der Waals surface area (Å²) in [7, 11) is 4.54. The molecule has 6 aliphatic heterocycles. The van der Waals surface area contributed by atoms with Crippen LogP contribution >= 0.6 is 0 Å². The van der Waals surface area contributed by atoms with Crippen molar-refractivity contribution in [1.82, 2.24) is 0 Å². The van der Waals surface area contributed by atoms with E-state index in [1.54, 1.807) is 0 Å². The van der Waals surface area contributed by atoms with E-state index in [1.165, 1.54) is 0 Å². The van der Waals surface area contributed by atoms with Crippen LogP contribution in [0.1, 0.15) is 0 Å². The number of esters is 3. The number of ether oxygens (including phenoxy) is 16. The van der Waals surface area contributed by atoms with Gasteiger partial charge in [-0.3, -0.25) is 0 Å². The molecule has 0 spiro atoms. The van der Waals surface area contributed by atoms with Gasteiger partial charge in [0.25, 0.3) is 0 Å². The van der Waals surface area contributed by atoms with Crippen LogP contribution < -0.4 is 0 Å². The fourth-order valence-corrected chi connectivity index (χ4v) is 9.09. The van der Waals surface area contributed by atoms with Crippen LogP contribution in [0.3, 0.4) is 0 Å². The molecule has 0 aliphatic carbocycles. The fourth-order valence-electron chi connectivity index (χ4n) is 9.09. The average molecular weight is 1140 g/mol. The lowest BCUT2D eigenvalue weighted by Crippen LogP contribution is -2.69. The smallest absolute Gasteiger partial charge is 0.337 e. The van der Waals surface area contributed by atoms with Gasteiger partial charge in [-0.2, -0.15) is 0 Å². The Hall–Kier alpha value is -4.18. The van der Waals surface area contributed by atoms with E-state index in [2.05, 4.69) is 14.2 Å². The van der Waals surface area contributed by atoms with Gasteiger partial charge in [0.2, 0.25) is 0 Å². The molecule has 30 atom stereocenters. The lowest BCUT2D eigenvalue weighted by atomic mass is 9.94. The number of aliphatic hydroxyl groups excluding tert-OH is 12. The van der Waals surface area contributed by atoms with Crippen LogP contribution in [-0.4, -0.2) is 332 Å². The maximum atomic E-state index is 13.2. The summed E-state index contributed by atoms with van der Waals surface area (Å²) in [6.45, 7) is 0. The Labute approximate surface area is 436 Å². The highest BCUT2D eigenvalue weighted by Crippen LogP contribution is 2.38. The van der Waals surface area contributed by atoms with Gasteiger partial charge < -0.3 is 152 Å². The van der Waals surface area contributed by atoms with Gasteiger partial charge in [-0.05, 0) is 0 Å². The molecule has 6 aliphatic rings. The summed E-state index contributed by atoms with van der Waals surface area (Å²) in [5, 5.41) is 162. The molecule has 0 amide bonds. The summed E-state index contributed by atoms with van der Waals surface area (Å²) in [5.74, 6) is -9.87. The molecule has 0 aromatic rings. The zero-order valence-electron chi connectivity index (χ0n) is 41.0. The Balaban J connectivity index is 1.16. The van der Waals surface area contributed by atoms with Crippen LogP contribution in [0.4, 0.5) is 0 Å². The lowest BCUT2D eigenvalue weighted by Gasteiger charge is -2.49. The first-order chi connectivity index (χ1) is 36.7. The molecule has 6 rings (SSSR count). The maximum absolute atomic E-state index is 13.2. The van der Waals surface area contributed by atoms with E-state index in [1.807, 2.05) is 0 Å². The average Bonchev–Trinajstić information content (AvgIpc) is 3.47. The molecule has 6 fully saturated rings. The van der Waals surface area contributed by atoms with Crippen molar-refractivity contribution in [2.75, 3.05) is 35.5 Å². The molecule has 37 heteroatoms. The van der Waals surface area contributed by atoms with Crippen molar-refractivity contribution in [2.24, 2.45) is 0 Å². The normalized spacial score (nSPS) is 47.0. The molecule has 446 valence electrons. The van der Waals surface area contributed by atoms with E-state index in [0.29, 0.717) is 0 Å². The highest BCUT2D eigenvalue weighted by Gasteiger charge is 2.61. The van der Waals surface area contributed by atoms with Crippen molar-refractivity contribution in [3.8, 4) is 0 Å². The number of carbonyl (C=O) groups excluding carboxylic acids is 3.